The van der Waals surface area contributed by atoms with Gasteiger partial charge >= 0.3 is 0 Å². The molecule has 0 spiro atoms. The molecule has 4 rings (SSSR count). The van der Waals surface area contributed by atoms with Gasteiger partial charge in [0.05, 0.1) is 21.8 Å². The summed E-state index contributed by atoms with van der Waals surface area (Å²) < 4.78 is 27.9. The first-order valence-corrected chi connectivity index (χ1v) is 12.0. The van der Waals surface area contributed by atoms with Crippen LogP contribution in [0.1, 0.15) is 23.2 Å². The van der Waals surface area contributed by atoms with Crippen LogP contribution in [0.5, 0.6) is 0 Å². The quantitative estimate of drug-likeness (QED) is 0.753. The van der Waals surface area contributed by atoms with Crippen LogP contribution in [0.2, 0.25) is 0 Å². The van der Waals surface area contributed by atoms with Crippen molar-refractivity contribution in [2.75, 3.05) is 35.5 Å². The number of fused-ring (bicyclic) bond motifs is 1. The fraction of sp³-hybridized carbons (Fsp3) is 0.300. The van der Waals surface area contributed by atoms with Gasteiger partial charge in [-0.05, 0) is 49.4 Å². The number of likely N-dealkylation sites (tertiary alicyclic amines) is 1. The Morgan fingerprint density at radius 1 is 1.10 bits per heavy atom. The predicted octanol–water partition coefficient (Wildman–Crippen LogP) is 2.79. The number of carbonyl (C=O) groups is 2. The Kier molecular flexibility index (Phi) is 5.26. The molecule has 0 aliphatic carbocycles. The summed E-state index contributed by atoms with van der Waals surface area (Å²) in [5.74, 6) is -0.554. The number of rotatable bonds is 4. The molecule has 0 unspecified atom stereocenters. The van der Waals surface area contributed by atoms with Crippen molar-refractivity contribution < 1.29 is 18.0 Å². The third-order valence-electron chi connectivity index (χ3n) is 5.12. The molecule has 9 heteroatoms. The van der Waals surface area contributed by atoms with E-state index >= 15 is 0 Å². The molecular weight excluding hydrogens is 410 g/mol. The molecule has 152 valence electrons. The summed E-state index contributed by atoms with van der Waals surface area (Å²) in [5, 5.41) is 2.69. The van der Waals surface area contributed by atoms with Crippen molar-refractivity contribution in [3.63, 3.8) is 0 Å². The number of nitrogens with zero attached hydrogens (tertiary/aromatic N) is 2. The third-order valence-corrected chi connectivity index (χ3v) is 7.67. The van der Waals surface area contributed by atoms with E-state index in [1.165, 1.54) is 23.9 Å². The number of hydrogen-bond acceptors (Lipinski definition) is 5. The van der Waals surface area contributed by atoms with Gasteiger partial charge in [0.1, 0.15) is 6.54 Å². The van der Waals surface area contributed by atoms with Gasteiger partial charge in [0.25, 0.3) is 15.9 Å². The Morgan fingerprint density at radius 2 is 1.83 bits per heavy atom. The summed E-state index contributed by atoms with van der Waals surface area (Å²) in [5.41, 5.74) is 1.24. The highest BCUT2D eigenvalue weighted by atomic mass is 32.2. The van der Waals surface area contributed by atoms with E-state index in [1.54, 1.807) is 35.2 Å². The highest BCUT2D eigenvalue weighted by Crippen LogP contribution is 2.34. The van der Waals surface area contributed by atoms with Crippen molar-refractivity contribution >= 4 is 45.0 Å². The van der Waals surface area contributed by atoms with Crippen LogP contribution in [-0.2, 0) is 14.8 Å². The molecule has 2 amide bonds. The third kappa shape index (κ3) is 3.60. The summed E-state index contributed by atoms with van der Waals surface area (Å²) in [6.07, 6.45) is 3.77. The van der Waals surface area contributed by atoms with Gasteiger partial charge in [-0.25, -0.2) is 8.42 Å². The van der Waals surface area contributed by atoms with Crippen LogP contribution >= 0.6 is 11.8 Å². The van der Waals surface area contributed by atoms with Crippen LogP contribution in [0.15, 0.2) is 52.3 Å². The van der Waals surface area contributed by atoms with Crippen molar-refractivity contribution in [1.82, 2.24) is 4.90 Å². The summed E-state index contributed by atoms with van der Waals surface area (Å²) in [6.45, 7) is 1.06. The smallest absolute Gasteiger partial charge is 0.264 e. The Bertz CT molecular complexity index is 1080. The number of anilines is 2. The minimum Gasteiger partial charge on any atom is -0.339 e. The summed E-state index contributed by atoms with van der Waals surface area (Å²) >= 11 is 1.41. The number of carbonyl (C=O) groups excluding carboxylic acids is 2. The van der Waals surface area contributed by atoms with Gasteiger partial charge in [0.2, 0.25) is 5.91 Å². The number of thioether (sulfide) groups is 1. The fourth-order valence-corrected chi connectivity index (χ4v) is 5.69. The second-order valence-corrected chi connectivity index (χ2v) is 9.65. The van der Waals surface area contributed by atoms with E-state index in [-0.39, 0.29) is 17.3 Å². The summed E-state index contributed by atoms with van der Waals surface area (Å²) in [4.78, 5) is 27.6. The summed E-state index contributed by atoms with van der Waals surface area (Å²) in [7, 11) is -4.02. The number of para-hydroxylation sites is 2. The van der Waals surface area contributed by atoms with Gasteiger partial charge < -0.3 is 10.2 Å². The average Bonchev–Trinajstić information content (AvgIpc) is 3.27. The first kappa shape index (κ1) is 19.8. The zero-order chi connectivity index (χ0) is 20.6. The van der Waals surface area contributed by atoms with Gasteiger partial charge in [-0.3, -0.25) is 13.9 Å². The van der Waals surface area contributed by atoms with Gasteiger partial charge in [0, 0.05) is 18.0 Å². The average molecular weight is 432 g/mol. The second kappa shape index (κ2) is 7.72. The highest BCUT2D eigenvalue weighted by molar-refractivity contribution is 7.98. The molecule has 2 aliphatic rings. The SMILES string of the molecule is CSc1ccc(S(=O)(=O)N2CC(=O)Nc3ccccc32)cc1C(=O)N1CCCC1. The molecule has 7 nitrogen and oxygen atoms in total. The first-order chi connectivity index (χ1) is 13.9. The van der Waals surface area contributed by atoms with Gasteiger partial charge in [-0.2, -0.15) is 0 Å². The van der Waals surface area contributed by atoms with Crippen LogP contribution in [0.4, 0.5) is 11.4 Å². The number of amides is 2. The van der Waals surface area contributed by atoms with Gasteiger partial charge in [-0.15, -0.1) is 11.8 Å². The zero-order valence-electron chi connectivity index (χ0n) is 15.9. The zero-order valence-corrected chi connectivity index (χ0v) is 17.6. The first-order valence-electron chi connectivity index (χ1n) is 9.31. The van der Waals surface area contributed by atoms with Gasteiger partial charge in [-0.1, -0.05) is 12.1 Å². The van der Waals surface area contributed by atoms with Crippen molar-refractivity contribution in [2.24, 2.45) is 0 Å². The van der Waals surface area contributed by atoms with Crippen LogP contribution in [-0.4, -0.2) is 51.0 Å². The maximum atomic E-state index is 13.4. The van der Waals surface area contributed by atoms with Crippen molar-refractivity contribution in [3.8, 4) is 0 Å². The molecule has 0 atom stereocenters. The van der Waals surface area contributed by atoms with Crippen molar-refractivity contribution in [3.05, 3.63) is 48.0 Å². The lowest BCUT2D eigenvalue weighted by Crippen LogP contribution is -2.42. The monoisotopic (exact) mass is 431 g/mol. The Labute approximate surface area is 174 Å². The maximum absolute atomic E-state index is 13.4. The summed E-state index contributed by atoms with van der Waals surface area (Å²) in [6, 6.07) is 11.4. The predicted molar refractivity (Wildman–Crippen MR) is 113 cm³/mol. The Morgan fingerprint density at radius 3 is 2.55 bits per heavy atom. The number of hydrogen-bond donors (Lipinski definition) is 1. The molecule has 29 heavy (non-hydrogen) atoms. The van der Waals surface area contributed by atoms with E-state index in [1.807, 2.05) is 6.26 Å². The molecule has 0 saturated carbocycles. The maximum Gasteiger partial charge on any atom is 0.264 e. The van der Waals surface area contributed by atoms with Crippen LogP contribution in [0, 0.1) is 0 Å². The number of benzene rings is 2. The molecule has 0 aromatic heterocycles. The van der Waals surface area contributed by atoms with E-state index in [2.05, 4.69) is 5.32 Å². The van der Waals surface area contributed by atoms with E-state index in [0.29, 0.717) is 30.0 Å². The fourth-order valence-electron chi connectivity index (χ4n) is 3.65. The number of nitrogens with one attached hydrogen (secondary N) is 1. The topological polar surface area (TPSA) is 86.8 Å². The highest BCUT2D eigenvalue weighted by Gasteiger charge is 2.33. The molecule has 1 fully saturated rings. The van der Waals surface area contributed by atoms with E-state index in [9.17, 15) is 18.0 Å². The largest absolute Gasteiger partial charge is 0.339 e. The van der Waals surface area contributed by atoms with E-state index in [0.717, 1.165) is 22.0 Å². The lowest BCUT2D eigenvalue weighted by Gasteiger charge is -2.30. The van der Waals surface area contributed by atoms with E-state index < -0.39 is 15.9 Å². The second-order valence-electron chi connectivity index (χ2n) is 6.94. The Hall–Kier alpha value is -2.52. The van der Waals surface area contributed by atoms with Crippen LogP contribution in [0.3, 0.4) is 0 Å². The van der Waals surface area contributed by atoms with Crippen molar-refractivity contribution in [1.29, 1.82) is 0 Å². The van der Waals surface area contributed by atoms with Crippen LogP contribution in [0.25, 0.3) is 0 Å². The molecule has 2 aliphatic heterocycles. The molecule has 2 heterocycles. The van der Waals surface area contributed by atoms with Crippen LogP contribution < -0.4 is 9.62 Å². The molecule has 2 aromatic carbocycles. The molecule has 0 radical (unpaired) electrons. The standard InChI is InChI=1S/C20H21N3O4S2/c1-28-18-9-8-14(12-15(18)20(25)22-10-4-5-11-22)29(26,27)23-13-19(24)21-16-6-2-3-7-17(16)23/h2-3,6-9,12H,4-5,10-11,13H2,1H3,(H,21,24). The van der Waals surface area contributed by atoms with E-state index in [4.69, 9.17) is 0 Å². The lowest BCUT2D eigenvalue weighted by molar-refractivity contribution is -0.115. The molecule has 0 bridgehead atoms. The normalized spacial score (nSPS) is 16.5. The minimum atomic E-state index is -4.02. The number of sulfonamides is 1. The molecule has 2 aromatic rings. The lowest BCUT2D eigenvalue weighted by atomic mass is 10.2. The molecular formula is C20H21N3O4S2. The molecule has 1 N–H and O–H groups in total. The van der Waals surface area contributed by atoms with Crippen molar-refractivity contribution in [2.45, 2.75) is 22.6 Å². The Balaban J connectivity index is 1.77. The minimum absolute atomic E-state index is 0.00218. The van der Waals surface area contributed by atoms with Gasteiger partial charge in [0.15, 0.2) is 0 Å². The molecule has 1 saturated heterocycles.